The highest BCUT2D eigenvalue weighted by Gasteiger charge is 2.18. The van der Waals surface area contributed by atoms with Gasteiger partial charge in [-0.1, -0.05) is 6.58 Å². The molecule has 0 heterocycles. The van der Waals surface area contributed by atoms with Gasteiger partial charge in [-0.2, -0.15) is 0 Å². The van der Waals surface area contributed by atoms with Gasteiger partial charge in [0.25, 0.3) is 0 Å². The molecule has 1 N–H and O–H groups in total. The number of hydrogen-bond donors (Lipinski definition) is 1. The standard InChI is InChI=1S/C6H12O2/c1-5(2)6(3,4)8-7/h7H,1H2,2-4H3/i2D3,3D3. The molecule has 0 aliphatic heterocycles. The maximum atomic E-state index is 8.48. The number of hydrogen-bond acceptors (Lipinski definition) is 2. The van der Waals surface area contributed by atoms with Crippen molar-refractivity contribution in [2.75, 3.05) is 0 Å². The van der Waals surface area contributed by atoms with Crippen LogP contribution >= 0.6 is 0 Å². The van der Waals surface area contributed by atoms with E-state index in [0.717, 1.165) is 6.92 Å². The lowest BCUT2D eigenvalue weighted by Crippen LogP contribution is -2.23. The molecular weight excluding hydrogens is 104 g/mol. The summed E-state index contributed by atoms with van der Waals surface area (Å²) < 4.78 is 42.0. The summed E-state index contributed by atoms with van der Waals surface area (Å²) in [6.45, 7) is -1.41. The smallest absolute Gasteiger partial charge is 0.118 e. The van der Waals surface area contributed by atoms with Gasteiger partial charge in [0.1, 0.15) is 5.60 Å². The van der Waals surface area contributed by atoms with Crippen LogP contribution in [0.3, 0.4) is 0 Å². The van der Waals surface area contributed by atoms with Crippen molar-refractivity contribution in [3.05, 3.63) is 12.2 Å². The van der Waals surface area contributed by atoms with Gasteiger partial charge in [-0.05, 0) is 26.2 Å². The van der Waals surface area contributed by atoms with Crippen molar-refractivity contribution in [1.29, 1.82) is 0 Å². The molecule has 0 bridgehead atoms. The summed E-state index contributed by atoms with van der Waals surface area (Å²) in [6, 6.07) is 0. The van der Waals surface area contributed by atoms with E-state index in [1.165, 1.54) is 0 Å². The topological polar surface area (TPSA) is 29.5 Å². The quantitative estimate of drug-likeness (QED) is 0.344. The molecule has 0 aliphatic rings. The Morgan fingerprint density at radius 1 is 2.00 bits per heavy atom. The maximum Gasteiger partial charge on any atom is 0.118 e. The van der Waals surface area contributed by atoms with Crippen LogP contribution in [-0.2, 0) is 4.89 Å². The normalized spacial score (nSPS) is 31.8. The Kier molecular flexibility index (Phi) is 0.606. The second-order valence-electron chi connectivity index (χ2n) is 1.60. The summed E-state index contributed by atoms with van der Waals surface area (Å²) in [7, 11) is 0. The van der Waals surface area contributed by atoms with Crippen molar-refractivity contribution in [3.8, 4) is 0 Å². The van der Waals surface area contributed by atoms with Crippen LogP contribution in [0.15, 0.2) is 12.2 Å². The van der Waals surface area contributed by atoms with E-state index in [4.69, 9.17) is 13.5 Å². The van der Waals surface area contributed by atoms with E-state index in [1.54, 1.807) is 0 Å². The van der Waals surface area contributed by atoms with Crippen molar-refractivity contribution >= 4 is 0 Å². The highest BCUT2D eigenvalue weighted by Crippen LogP contribution is 2.15. The molecule has 0 radical (unpaired) electrons. The fourth-order valence-corrected chi connectivity index (χ4v) is 0.0551. The Morgan fingerprint density at radius 2 is 2.62 bits per heavy atom. The van der Waals surface area contributed by atoms with Gasteiger partial charge in [0, 0.05) is 8.22 Å². The minimum absolute atomic E-state index is 0.660. The third-order valence-corrected chi connectivity index (χ3v) is 0.758. The third kappa shape index (κ3) is 1.64. The lowest BCUT2D eigenvalue weighted by atomic mass is 10.0. The van der Waals surface area contributed by atoms with Crippen LogP contribution in [0.2, 0.25) is 0 Å². The van der Waals surface area contributed by atoms with Crippen LogP contribution < -0.4 is 0 Å². The molecule has 0 amide bonds. The predicted octanol–water partition coefficient (Wildman–Crippen LogP) is 1.83. The SMILES string of the molecule is [2H]C([2H])([2H])C(=C)C(C)(OO)C([2H])([2H])[2H]. The summed E-state index contributed by atoms with van der Waals surface area (Å²) in [6.07, 6.45) is 0. The first-order valence-corrected chi connectivity index (χ1v) is 1.99. The lowest BCUT2D eigenvalue weighted by molar-refractivity contribution is -0.300. The van der Waals surface area contributed by atoms with Crippen LogP contribution in [0.4, 0.5) is 0 Å². The molecule has 0 aromatic heterocycles. The Hall–Kier alpha value is -0.340. The van der Waals surface area contributed by atoms with Crippen molar-refractivity contribution in [2.24, 2.45) is 0 Å². The van der Waals surface area contributed by atoms with Gasteiger partial charge in [0.05, 0.1) is 0 Å². The summed E-state index contributed by atoms with van der Waals surface area (Å²) >= 11 is 0. The first-order chi connectivity index (χ1) is 5.97. The Labute approximate surface area is 58.1 Å². The van der Waals surface area contributed by atoms with Gasteiger partial charge in [-0.25, -0.2) is 4.89 Å². The van der Waals surface area contributed by atoms with Crippen LogP contribution in [0.25, 0.3) is 0 Å². The molecule has 0 spiro atoms. The van der Waals surface area contributed by atoms with Crippen molar-refractivity contribution < 1.29 is 18.4 Å². The van der Waals surface area contributed by atoms with Gasteiger partial charge in [-0.3, -0.25) is 5.26 Å². The molecule has 0 aromatic carbocycles. The van der Waals surface area contributed by atoms with E-state index in [1.807, 2.05) is 0 Å². The van der Waals surface area contributed by atoms with E-state index in [-0.39, 0.29) is 0 Å². The third-order valence-electron chi connectivity index (χ3n) is 0.758. The highest BCUT2D eigenvalue weighted by molar-refractivity contribution is 5.04. The first-order valence-electron chi connectivity index (χ1n) is 4.99. The van der Waals surface area contributed by atoms with E-state index in [9.17, 15) is 0 Å². The fourth-order valence-electron chi connectivity index (χ4n) is 0.0551. The molecule has 2 nitrogen and oxygen atoms in total. The molecule has 0 aliphatic carbocycles. The van der Waals surface area contributed by atoms with Gasteiger partial charge in [0.15, 0.2) is 0 Å². The van der Waals surface area contributed by atoms with Crippen LogP contribution in [0, 0.1) is 0 Å². The summed E-state index contributed by atoms with van der Waals surface area (Å²) in [5.74, 6) is 0. The summed E-state index contributed by atoms with van der Waals surface area (Å²) in [5, 5.41) is 8.48. The molecule has 1 atom stereocenters. The van der Waals surface area contributed by atoms with Crippen LogP contribution in [-0.4, -0.2) is 10.9 Å². The van der Waals surface area contributed by atoms with E-state index in [2.05, 4.69) is 11.5 Å². The number of rotatable bonds is 2. The maximum absolute atomic E-state index is 8.48. The molecule has 0 fully saturated rings. The molecule has 2 heteroatoms. The van der Waals surface area contributed by atoms with E-state index >= 15 is 0 Å². The lowest BCUT2D eigenvalue weighted by Gasteiger charge is -2.19. The fraction of sp³-hybridized carbons (Fsp3) is 0.667. The first kappa shape index (κ1) is 2.12. The second kappa shape index (κ2) is 2.29. The summed E-state index contributed by atoms with van der Waals surface area (Å²) in [5.41, 5.74) is -2.94. The molecule has 1 unspecified atom stereocenters. The van der Waals surface area contributed by atoms with Gasteiger partial charge in [0.2, 0.25) is 0 Å². The Morgan fingerprint density at radius 3 is 2.75 bits per heavy atom. The highest BCUT2D eigenvalue weighted by atomic mass is 17.1. The predicted molar refractivity (Wildman–Crippen MR) is 32.6 cm³/mol. The monoisotopic (exact) mass is 122 g/mol. The average molecular weight is 122 g/mol. The molecule has 8 heavy (non-hydrogen) atoms. The van der Waals surface area contributed by atoms with Gasteiger partial charge >= 0.3 is 0 Å². The molecule has 0 aromatic rings. The van der Waals surface area contributed by atoms with E-state index < -0.39 is 24.9 Å². The van der Waals surface area contributed by atoms with E-state index in [0.29, 0.717) is 0 Å². The second-order valence-corrected chi connectivity index (χ2v) is 1.60. The van der Waals surface area contributed by atoms with Gasteiger partial charge in [-0.15, -0.1) is 0 Å². The van der Waals surface area contributed by atoms with Crippen molar-refractivity contribution in [3.63, 3.8) is 0 Å². The zero-order valence-electron chi connectivity index (χ0n) is 10.6. The van der Waals surface area contributed by atoms with Gasteiger partial charge < -0.3 is 0 Å². The molecule has 0 rings (SSSR count). The Bertz CT molecular complexity index is 229. The van der Waals surface area contributed by atoms with Crippen molar-refractivity contribution in [2.45, 2.75) is 26.2 Å². The largest absolute Gasteiger partial charge is 0.251 e. The zero-order valence-corrected chi connectivity index (χ0v) is 4.56. The average Bonchev–Trinajstić information content (AvgIpc) is 1.97. The molecule has 48 valence electrons. The zero-order chi connectivity index (χ0) is 11.8. The minimum Gasteiger partial charge on any atom is -0.251 e. The molecule has 0 saturated heterocycles. The van der Waals surface area contributed by atoms with Crippen molar-refractivity contribution in [1.82, 2.24) is 0 Å². The van der Waals surface area contributed by atoms with Crippen LogP contribution in [0.5, 0.6) is 0 Å². The molecule has 0 saturated carbocycles. The summed E-state index contributed by atoms with van der Waals surface area (Å²) in [4.78, 5) is 3.77. The molecular formula is C6H12O2. The van der Waals surface area contributed by atoms with Crippen LogP contribution in [0.1, 0.15) is 28.9 Å². The Balaban J connectivity index is 5.19. The minimum atomic E-state index is -2.80.